The first-order chi connectivity index (χ1) is 16.8. The number of carbonyl (C=O) groups excluding carboxylic acids is 1. The van der Waals surface area contributed by atoms with E-state index in [1.54, 1.807) is 38.5 Å². The van der Waals surface area contributed by atoms with Gasteiger partial charge in [-0.3, -0.25) is 14.5 Å². The van der Waals surface area contributed by atoms with Crippen molar-refractivity contribution in [2.45, 2.75) is 38.4 Å². The highest BCUT2D eigenvalue weighted by Crippen LogP contribution is 2.36. The maximum absolute atomic E-state index is 14.6. The second-order valence-corrected chi connectivity index (χ2v) is 8.99. The zero-order valence-corrected chi connectivity index (χ0v) is 19.7. The van der Waals surface area contributed by atoms with E-state index in [4.69, 9.17) is 0 Å². The lowest BCUT2D eigenvalue weighted by atomic mass is 9.88. The fourth-order valence-corrected chi connectivity index (χ4v) is 4.31. The van der Waals surface area contributed by atoms with E-state index in [1.165, 1.54) is 4.68 Å². The molecule has 4 rings (SSSR count). The van der Waals surface area contributed by atoms with Gasteiger partial charge in [-0.1, -0.05) is 6.92 Å². The van der Waals surface area contributed by atoms with E-state index in [0.717, 1.165) is 16.7 Å². The number of pyridine rings is 1. The zero-order chi connectivity index (χ0) is 26.3. The van der Waals surface area contributed by atoms with E-state index >= 15 is 0 Å². The Hall–Kier alpha value is -3.64. The number of aromatic nitrogens is 5. The summed E-state index contributed by atoms with van der Waals surface area (Å²) in [6, 6.07) is 2.85. The van der Waals surface area contributed by atoms with Crippen molar-refractivity contribution in [1.82, 2.24) is 29.6 Å². The molecule has 1 saturated heterocycles. The summed E-state index contributed by atoms with van der Waals surface area (Å²) in [6.45, 7) is 2.62. The zero-order valence-electron chi connectivity index (χ0n) is 19.7. The molecule has 0 bridgehead atoms. The lowest BCUT2D eigenvalue weighted by molar-refractivity contribution is -0.141. The number of carbonyl (C=O) groups is 1. The Kier molecular flexibility index (Phi) is 6.67. The van der Waals surface area contributed by atoms with Crippen molar-refractivity contribution in [3.63, 3.8) is 0 Å². The monoisotopic (exact) mass is 509 g/mol. The van der Waals surface area contributed by atoms with Crippen LogP contribution in [0.4, 0.5) is 27.8 Å². The van der Waals surface area contributed by atoms with Gasteiger partial charge in [-0.15, -0.1) is 0 Å². The molecule has 13 heteroatoms. The van der Waals surface area contributed by atoms with Crippen LogP contribution in [0.2, 0.25) is 0 Å². The number of hydrogen-bond acceptors (Lipinski definition) is 6. The summed E-state index contributed by atoms with van der Waals surface area (Å²) < 4.78 is 68.8. The Morgan fingerprint density at radius 3 is 2.61 bits per heavy atom. The van der Waals surface area contributed by atoms with Crippen molar-refractivity contribution in [2.75, 3.05) is 18.4 Å². The Labute approximate surface area is 203 Å². The highest BCUT2D eigenvalue weighted by Gasteiger charge is 2.47. The second kappa shape index (κ2) is 9.43. The lowest BCUT2D eigenvalue weighted by Crippen LogP contribution is -2.57. The standard InChI is InChI=1S/C23H24F5N7O/c1-13-4-5-29-16(6-13)15-11-34(3)33-20(15)21(36)35-12-22(24,25)7-14(2)17(35)8-31-19-10-30-18(9-32-19)23(26,27)28/h4-6,9-11,14,17H,7-8,12H2,1-3H3,(H,31,32)/t14-,17?/m1/s1. The number of alkyl halides is 5. The van der Waals surface area contributed by atoms with Crippen LogP contribution in [0.5, 0.6) is 0 Å². The predicted molar refractivity (Wildman–Crippen MR) is 120 cm³/mol. The Bertz CT molecular complexity index is 1240. The van der Waals surface area contributed by atoms with Crippen molar-refractivity contribution < 1.29 is 26.7 Å². The molecule has 1 N–H and O–H groups in total. The largest absolute Gasteiger partial charge is 0.434 e. The molecule has 1 fully saturated rings. The minimum absolute atomic E-state index is 0.0141. The molecule has 3 aromatic heterocycles. The first kappa shape index (κ1) is 25.5. The van der Waals surface area contributed by atoms with E-state index in [2.05, 4.69) is 25.4 Å². The number of hydrogen-bond donors (Lipinski definition) is 1. The van der Waals surface area contributed by atoms with Crippen LogP contribution >= 0.6 is 0 Å². The van der Waals surface area contributed by atoms with Crippen LogP contribution in [0.25, 0.3) is 11.3 Å². The van der Waals surface area contributed by atoms with Gasteiger partial charge in [0.25, 0.3) is 11.8 Å². The summed E-state index contributed by atoms with van der Waals surface area (Å²) in [4.78, 5) is 26.0. The molecule has 0 saturated carbocycles. The van der Waals surface area contributed by atoms with Crippen molar-refractivity contribution >= 4 is 11.7 Å². The van der Waals surface area contributed by atoms with E-state index in [0.29, 0.717) is 17.5 Å². The third-order valence-corrected chi connectivity index (χ3v) is 6.00. The first-order valence-corrected chi connectivity index (χ1v) is 11.1. The highest BCUT2D eigenvalue weighted by molar-refractivity contribution is 5.98. The third kappa shape index (κ3) is 5.44. The second-order valence-electron chi connectivity index (χ2n) is 8.99. The van der Waals surface area contributed by atoms with Crippen molar-refractivity contribution in [3.05, 3.63) is 53.9 Å². The third-order valence-electron chi connectivity index (χ3n) is 6.00. The molecule has 0 radical (unpaired) electrons. The van der Waals surface area contributed by atoms with E-state index in [1.807, 2.05) is 6.92 Å². The topological polar surface area (TPSA) is 88.8 Å². The quantitative estimate of drug-likeness (QED) is 0.519. The molecule has 2 atom stereocenters. The number of rotatable bonds is 5. The van der Waals surface area contributed by atoms with Gasteiger partial charge in [0.1, 0.15) is 5.82 Å². The number of likely N-dealkylation sites (tertiary alicyclic amines) is 1. The molecule has 8 nitrogen and oxygen atoms in total. The summed E-state index contributed by atoms with van der Waals surface area (Å²) in [6.07, 6.45) is -0.399. The van der Waals surface area contributed by atoms with Gasteiger partial charge in [0, 0.05) is 32.4 Å². The van der Waals surface area contributed by atoms with Crippen molar-refractivity contribution in [1.29, 1.82) is 0 Å². The summed E-state index contributed by atoms with van der Waals surface area (Å²) in [5.41, 5.74) is 0.633. The van der Waals surface area contributed by atoms with Crippen LogP contribution in [0.15, 0.2) is 36.9 Å². The SMILES string of the molecule is Cc1ccnc(-c2cn(C)nc2C(=O)N2CC(F)(F)C[C@@H](C)C2CNc2cnc(C(F)(F)F)cn2)c1. The molecule has 3 aromatic rings. The maximum Gasteiger partial charge on any atom is 0.434 e. The molecule has 0 spiro atoms. The maximum atomic E-state index is 14.6. The van der Waals surface area contributed by atoms with Crippen LogP contribution < -0.4 is 5.32 Å². The lowest BCUT2D eigenvalue weighted by Gasteiger charge is -2.43. The number of amides is 1. The van der Waals surface area contributed by atoms with Crippen LogP contribution in [-0.4, -0.2) is 60.6 Å². The number of piperidine rings is 1. The van der Waals surface area contributed by atoms with Gasteiger partial charge >= 0.3 is 6.18 Å². The number of halogens is 5. The Morgan fingerprint density at radius 2 is 1.97 bits per heavy atom. The molecule has 36 heavy (non-hydrogen) atoms. The number of nitrogens with one attached hydrogen (secondary N) is 1. The Balaban J connectivity index is 1.61. The van der Waals surface area contributed by atoms with Gasteiger partial charge in [0.15, 0.2) is 11.4 Å². The number of anilines is 1. The summed E-state index contributed by atoms with van der Waals surface area (Å²) in [5, 5.41) is 7.07. The highest BCUT2D eigenvalue weighted by atomic mass is 19.4. The van der Waals surface area contributed by atoms with E-state index < -0.39 is 48.6 Å². The molecule has 1 amide bonds. The van der Waals surface area contributed by atoms with Crippen LogP contribution in [-0.2, 0) is 13.2 Å². The Morgan fingerprint density at radius 1 is 1.22 bits per heavy atom. The van der Waals surface area contributed by atoms with Gasteiger partial charge in [0.05, 0.1) is 36.2 Å². The summed E-state index contributed by atoms with van der Waals surface area (Å²) in [5.74, 6) is -4.40. The molecular weight excluding hydrogens is 485 g/mol. The van der Waals surface area contributed by atoms with Gasteiger partial charge in [-0.05, 0) is 30.5 Å². The summed E-state index contributed by atoms with van der Waals surface area (Å²) >= 11 is 0. The predicted octanol–water partition coefficient (Wildman–Crippen LogP) is 4.20. The normalized spacial score (nSPS) is 19.8. The van der Waals surface area contributed by atoms with Crippen molar-refractivity contribution in [2.24, 2.45) is 13.0 Å². The minimum Gasteiger partial charge on any atom is -0.367 e. The van der Waals surface area contributed by atoms with Gasteiger partial charge in [-0.25, -0.2) is 18.7 Å². The molecule has 1 unspecified atom stereocenters. The average Bonchev–Trinajstić information content (AvgIpc) is 3.18. The summed E-state index contributed by atoms with van der Waals surface area (Å²) in [7, 11) is 1.62. The molecule has 0 aliphatic carbocycles. The molecule has 1 aliphatic heterocycles. The van der Waals surface area contributed by atoms with Crippen LogP contribution in [0.3, 0.4) is 0 Å². The minimum atomic E-state index is -4.63. The van der Waals surface area contributed by atoms with Crippen LogP contribution in [0, 0.1) is 12.8 Å². The fraction of sp³-hybridized carbons (Fsp3) is 0.435. The first-order valence-electron chi connectivity index (χ1n) is 11.1. The molecular formula is C23H24F5N7O. The molecule has 4 heterocycles. The van der Waals surface area contributed by atoms with E-state index in [9.17, 15) is 26.7 Å². The van der Waals surface area contributed by atoms with Gasteiger partial charge in [-0.2, -0.15) is 18.3 Å². The molecule has 1 aliphatic rings. The van der Waals surface area contributed by atoms with Gasteiger partial charge < -0.3 is 10.2 Å². The van der Waals surface area contributed by atoms with Crippen LogP contribution in [0.1, 0.15) is 35.1 Å². The number of aryl methyl sites for hydroxylation is 2. The van der Waals surface area contributed by atoms with Crippen molar-refractivity contribution in [3.8, 4) is 11.3 Å². The average molecular weight is 509 g/mol. The molecule has 192 valence electrons. The number of nitrogens with zero attached hydrogens (tertiary/aromatic N) is 6. The fourth-order valence-electron chi connectivity index (χ4n) is 4.31. The smallest absolute Gasteiger partial charge is 0.367 e. The van der Waals surface area contributed by atoms with E-state index in [-0.39, 0.29) is 18.1 Å². The van der Waals surface area contributed by atoms with Gasteiger partial charge in [0.2, 0.25) is 0 Å². The molecule has 0 aromatic carbocycles.